The van der Waals surface area contributed by atoms with Gasteiger partial charge in [-0.1, -0.05) is 201 Å². The third kappa shape index (κ3) is 8.20. The lowest BCUT2D eigenvalue weighted by atomic mass is 9.79. The van der Waals surface area contributed by atoms with Gasteiger partial charge in [-0.25, -0.2) is 0 Å². The molecule has 0 fully saturated rings. The molecule has 10 aromatic rings. The Hall–Kier alpha value is -8.20. The number of nitrogens with zero attached hydrogens (tertiary/aromatic N) is 2. The molecule has 0 aromatic heterocycles. The second-order valence-corrected chi connectivity index (χ2v) is 24.9. The minimum absolute atomic E-state index is 0.0481. The Kier molecular flexibility index (Phi) is 11.9. The molecular weight excluding hydrogens is 953 g/mol. The van der Waals surface area contributed by atoms with Gasteiger partial charge in [0.2, 0.25) is 0 Å². The molecule has 3 aliphatic rings. The zero-order chi connectivity index (χ0) is 54.7. The lowest BCUT2D eigenvalue weighted by Gasteiger charge is -2.29. The van der Waals surface area contributed by atoms with E-state index in [-0.39, 0.29) is 16.2 Å². The van der Waals surface area contributed by atoms with Crippen LogP contribution in [0, 0.1) is 19.8 Å². The van der Waals surface area contributed by atoms with Crippen LogP contribution in [-0.2, 0) is 16.2 Å². The van der Waals surface area contributed by atoms with E-state index in [0.29, 0.717) is 11.8 Å². The summed E-state index contributed by atoms with van der Waals surface area (Å²) < 4.78 is 0. The largest absolute Gasteiger partial charge is 0.310 e. The van der Waals surface area contributed by atoms with Crippen molar-refractivity contribution >= 4 is 34.1 Å². The second kappa shape index (κ2) is 18.7. The first kappa shape index (κ1) is 50.3. The van der Waals surface area contributed by atoms with Gasteiger partial charge in [-0.2, -0.15) is 0 Å². The Balaban J connectivity index is 0.817. The van der Waals surface area contributed by atoms with Crippen LogP contribution in [0.15, 0.2) is 212 Å². The molecule has 10 aromatic carbocycles. The van der Waals surface area contributed by atoms with E-state index >= 15 is 0 Å². The molecule has 0 spiro atoms. The van der Waals surface area contributed by atoms with Gasteiger partial charge in [0.25, 0.3) is 0 Å². The van der Waals surface area contributed by atoms with E-state index in [2.05, 4.69) is 298 Å². The van der Waals surface area contributed by atoms with Gasteiger partial charge in [0.15, 0.2) is 0 Å². The lowest BCUT2D eigenvalue weighted by molar-refractivity contribution is 0.484. The predicted molar refractivity (Wildman–Crippen MR) is 337 cm³/mol. The summed E-state index contributed by atoms with van der Waals surface area (Å²) in [5.74, 6) is 1.18. The van der Waals surface area contributed by atoms with Crippen LogP contribution in [0.4, 0.5) is 34.1 Å². The molecule has 0 N–H and O–H groups in total. The average Bonchev–Trinajstić information content (AvgIpc) is 4.18. The highest BCUT2D eigenvalue weighted by Gasteiger charge is 2.39. The zero-order valence-electron chi connectivity index (χ0n) is 48.0. The van der Waals surface area contributed by atoms with Crippen molar-refractivity contribution in [2.45, 2.75) is 105 Å². The van der Waals surface area contributed by atoms with Crippen LogP contribution in [-0.4, -0.2) is 0 Å². The molecule has 2 heteroatoms. The Morgan fingerprint density at radius 2 is 0.633 bits per heavy atom. The molecule has 1 atom stereocenters. The fourth-order valence-electron chi connectivity index (χ4n) is 14.0. The average molecular weight is 1030 g/mol. The smallest absolute Gasteiger partial charge is 0.0465 e. The Labute approximate surface area is 470 Å². The lowest BCUT2D eigenvalue weighted by Crippen LogP contribution is -2.17. The van der Waals surface area contributed by atoms with Crippen molar-refractivity contribution < 1.29 is 0 Å². The predicted octanol–water partition coefficient (Wildman–Crippen LogP) is 21.6. The van der Waals surface area contributed by atoms with E-state index in [1.54, 1.807) is 0 Å². The van der Waals surface area contributed by atoms with E-state index in [0.717, 1.165) is 40.5 Å². The summed E-state index contributed by atoms with van der Waals surface area (Å²) in [6, 6.07) is 81.0. The highest BCUT2D eigenvalue weighted by atomic mass is 15.1. The molecule has 2 nitrogen and oxygen atoms in total. The van der Waals surface area contributed by atoms with Gasteiger partial charge < -0.3 is 9.80 Å². The number of anilines is 6. The first-order chi connectivity index (χ1) is 38.0. The highest BCUT2D eigenvalue weighted by molar-refractivity contribution is 5.90. The third-order valence-electron chi connectivity index (χ3n) is 18.6. The van der Waals surface area contributed by atoms with Crippen molar-refractivity contribution in [2.75, 3.05) is 9.80 Å². The maximum Gasteiger partial charge on any atom is 0.0465 e. The quantitative estimate of drug-likeness (QED) is 0.127. The van der Waals surface area contributed by atoms with Gasteiger partial charge in [-0.15, -0.1) is 0 Å². The van der Waals surface area contributed by atoms with Crippen LogP contribution in [0.25, 0.3) is 55.6 Å². The van der Waals surface area contributed by atoms with Crippen molar-refractivity contribution in [3.8, 4) is 55.6 Å². The summed E-state index contributed by atoms with van der Waals surface area (Å²) in [7, 11) is 0. The number of fused-ring (bicyclic) bond motifs is 9. The molecule has 79 heavy (non-hydrogen) atoms. The molecule has 0 heterocycles. The third-order valence-corrected chi connectivity index (χ3v) is 18.6. The van der Waals surface area contributed by atoms with E-state index in [4.69, 9.17) is 0 Å². The number of hydrogen-bond donors (Lipinski definition) is 0. The molecule has 390 valence electrons. The van der Waals surface area contributed by atoms with Crippen molar-refractivity contribution in [3.63, 3.8) is 0 Å². The fraction of sp³-hybridized carbons (Fsp3) is 0.221. The van der Waals surface area contributed by atoms with Crippen LogP contribution < -0.4 is 9.80 Å². The summed E-state index contributed by atoms with van der Waals surface area (Å²) in [5, 5.41) is 0. The van der Waals surface area contributed by atoms with Crippen LogP contribution in [0.1, 0.15) is 125 Å². The Morgan fingerprint density at radius 3 is 1.05 bits per heavy atom. The summed E-state index contributed by atoms with van der Waals surface area (Å²) in [4.78, 5) is 4.85. The Morgan fingerprint density at radius 1 is 0.316 bits per heavy atom. The molecule has 0 aliphatic heterocycles. The van der Waals surface area contributed by atoms with Gasteiger partial charge in [0.05, 0.1) is 0 Å². The summed E-state index contributed by atoms with van der Waals surface area (Å²) in [6.07, 6.45) is 1.16. The first-order valence-electron chi connectivity index (χ1n) is 28.8. The molecular formula is C77H72N2. The normalized spacial score (nSPS) is 14.9. The van der Waals surface area contributed by atoms with Crippen LogP contribution >= 0.6 is 0 Å². The minimum atomic E-state index is -0.266. The molecule has 13 rings (SSSR count). The number of benzene rings is 10. The van der Waals surface area contributed by atoms with Crippen molar-refractivity contribution in [2.24, 2.45) is 5.92 Å². The van der Waals surface area contributed by atoms with E-state index in [1.807, 2.05) is 0 Å². The molecule has 3 aliphatic carbocycles. The van der Waals surface area contributed by atoms with Crippen molar-refractivity contribution in [1.29, 1.82) is 0 Å². The van der Waals surface area contributed by atoms with E-state index < -0.39 is 0 Å². The maximum atomic E-state index is 2.52. The molecule has 0 saturated heterocycles. The number of aryl methyl sites for hydroxylation is 2. The van der Waals surface area contributed by atoms with Gasteiger partial charge in [-0.05, 0) is 212 Å². The molecule has 0 bridgehead atoms. The van der Waals surface area contributed by atoms with Crippen LogP contribution in [0.3, 0.4) is 0 Å². The van der Waals surface area contributed by atoms with Crippen molar-refractivity contribution in [1.82, 2.24) is 0 Å². The fourth-order valence-corrected chi connectivity index (χ4v) is 14.0. The summed E-state index contributed by atoms with van der Waals surface area (Å²) in [6.45, 7) is 25.7. The van der Waals surface area contributed by atoms with Gasteiger partial charge in [0.1, 0.15) is 0 Å². The molecule has 0 saturated carbocycles. The molecule has 1 unspecified atom stereocenters. The second-order valence-electron chi connectivity index (χ2n) is 24.9. The van der Waals surface area contributed by atoms with E-state index in [1.165, 1.54) is 106 Å². The number of rotatable bonds is 11. The van der Waals surface area contributed by atoms with Gasteiger partial charge >= 0.3 is 0 Å². The molecule has 0 radical (unpaired) electrons. The monoisotopic (exact) mass is 1020 g/mol. The summed E-state index contributed by atoms with van der Waals surface area (Å²) in [5.41, 5.74) is 31.7. The maximum absolute atomic E-state index is 2.52. The SMILES string of the molecule is CCC(c1ccc2c(c1)C(C)(C)c1cc(-c3ccc(N(c4ccc(C)cc4)c4ccc5c(c4)C(C)(C)c4cc(N(c6ccc(C)cc6)c6ccc(-c7ccc8c(c7)C(C)(C)c7ccccc7-8)cc6)ccc4-5)cc3)ccc1-2)C(C)C. The first-order valence-corrected chi connectivity index (χ1v) is 28.8. The minimum Gasteiger partial charge on any atom is -0.310 e. The molecule has 0 amide bonds. The zero-order valence-corrected chi connectivity index (χ0v) is 48.0. The van der Waals surface area contributed by atoms with Crippen molar-refractivity contribution in [3.05, 3.63) is 262 Å². The standard InChI is InChI=1S/C77H72N2/c1-12-62(48(2)3)55-27-40-66-65-39-26-54(44-71(65)76(8,9)72(66)45-55)52-23-34-59(35-24-52)79(57-30-19-50(5)20-31-57)61-37-42-68-67-41-36-60(46-73(67)77(10,11)74(68)47-61)78(56-28-17-49(4)18-29-56)58-32-21-51(22-33-58)53-25-38-64-63-15-13-14-16-69(63)75(6,7)70(64)43-53/h13-48,62H,12H2,1-11H3. The highest BCUT2D eigenvalue weighted by Crippen LogP contribution is 2.55. The Bertz CT molecular complexity index is 4000. The van der Waals surface area contributed by atoms with Crippen LogP contribution in [0.2, 0.25) is 0 Å². The van der Waals surface area contributed by atoms with Gasteiger partial charge in [-0.3, -0.25) is 0 Å². The van der Waals surface area contributed by atoms with Gasteiger partial charge in [0, 0.05) is 50.4 Å². The number of hydrogen-bond acceptors (Lipinski definition) is 2. The topological polar surface area (TPSA) is 6.48 Å². The summed E-state index contributed by atoms with van der Waals surface area (Å²) >= 11 is 0. The van der Waals surface area contributed by atoms with Crippen LogP contribution in [0.5, 0.6) is 0 Å². The van der Waals surface area contributed by atoms with E-state index in [9.17, 15) is 0 Å².